The highest BCUT2D eigenvalue weighted by Crippen LogP contribution is 2.32. The van der Waals surface area contributed by atoms with Crippen LogP contribution in [0.2, 0.25) is 0 Å². The Kier molecular flexibility index (Phi) is 6.72. The van der Waals surface area contributed by atoms with Crippen molar-refractivity contribution in [1.29, 1.82) is 0 Å². The molecule has 0 bridgehead atoms. The fraction of sp³-hybridized carbons (Fsp3) is 0.172. The molecule has 0 radical (unpaired) electrons. The molecule has 0 fully saturated rings. The zero-order valence-electron chi connectivity index (χ0n) is 20.3. The third kappa shape index (κ3) is 5.23. The largest absolute Gasteiger partial charge is 0.385 e. The molecule has 2 aromatic heterocycles. The van der Waals surface area contributed by atoms with Gasteiger partial charge in [-0.1, -0.05) is 23.4 Å². The van der Waals surface area contributed by atoms with Crippen LogP contribution >= 0.6 is 0 Å². The highest BCUT2D eigenvalue weighted by Gasteiger charge is 2.26. The molecule has 3 heterocycles. The lowest BCUT2D eigenvalue weighted by Crippen LogP contribution is -2.28. The van der Waals surface area contributed by atoms with Crippen LogP contribution in [0.25, 0.3) is 11.1 Å². The standard InChI is InChI=1S/C29H24F2N4O2/c1-17-8-9-22(24(31)12-17)19-13-20(26-16-27(37-35-26)25-7-3-4-10-32-25)15-21(14-19)29(36)34-18(2)28-23(30)6-5-11-33-28/h3-15,18,27H,16H2,1-2H3,(H,34,36)/t18-,27?/m1/s1. The smallest absolute Gasteiger partial charge is 0.251 e. The summed E-state index contributed by atoms with van der Waals surface area (Å²) >= 11 is 0. The Morgan fingerprint density at radius 2 is 1.78 bits per heavy atom. The topological polar surface area (TPSA) is 76.5 Å². The lowest BCUT2D eigenvalue weighted by molar-refractivity contribution is 0.0826. The van der Waals surface area contributed by atoms with Crippen molar-refractivity contribution in [2.45, 2.75) is 32.4 Å². The van der Waals surface area contributed by atoms with E-state index in [0.29, 0.717) is 28.8 Å². The second-order valence-corrected chi connectivity index (χ2v) is 8.94. The van der Waals surface area contributed by atoms with Crippen LogP contribution in [-0.2, 0) is 4.84 Å². The van der Waals surface area contributed by atoms with Crippen LogP contribution in [-0.4, -0.2) is 21.6 Å². The molecule has 0 saturated heterocycles. The minimum absolute atomic E-state index is 0.128. The van der Waals surface area contributed by atoms with Crippen molar-refractivity contribution in [3.63, 3.8) is 0 Å². The average Bonchev–Trinajstić information content (AvgIpc) is 3.40. The fourth-order valence-corrected chi connectivity index (χ4v) is 4.27. The van der Waals surface area contributed by atoms with Gasteiger partial charge in [0, 0.05) is 35.5 Å². The van der Waals surface area contributed by atoms with Gasteiger partial charge in [-0.25, -0.2) is 8.78 Å². The van der Waals surface area contributed by atoms with E-state index >= 15 is 0 Å². The minimum Gasteiger partial charge on any atom is -0.385 e. The Morgan fingerprint density at radius 3 is 2.54 bits per heavy atom. The number of carbonyl (C=O) groups is 1. The predicted octanol–water partition coefficient (Wildman–Crippen LogP) is 6.09. The van der Waals surface area contributed by atoms with Gasteiger partial charge >= 0.3 is 0 Å². The van der Waals surface area contributed by atoms with Crippen LogP contribution < -0.4 is 5.32 Å². The van der Waals surface area contributed by atoms with E-state index in [-0.39, 0.29) is 17.4 Å². The number of pyridine rings is 2. The van der Waals surface area contributed by atoms with Gasteiger partial charge < -0.3 is 10.2 Å². The summed E-state index contributed by atoms with van der Waals surface area (Å²) in [5.74, 6) is -1.36. The van der Waals surface area contributed by atoms with Crippen LogP contribution in [0.15, 0.2) is 84.3 Å². The van der Waals surface area contributed by atoms with Crippen LogP contribution in [0.3, 0.4) is 0 Å². The molecule has 1 amide bonds. The lowest BCUT2D eigenvalue weighted by Gasteiger charge is -2.16. The summed E-state index contributed by atoms with van der Waals surface area (Å²) in [6.45, 7) is 3.46. The van der Waals surface area contributed by atoms with Crippen molar-refractivity contribution >= 4 is 11.6 Å². The first-order valence-corrected chi connectivity index (χ1v) is 11.9. The molecule has 2 atom stereocenters. The summed E-state index contributed by atoms with van der Waals surface area (Å²) in [5, 5.41) is 7.04. The maximum atomic E-state index is 14.9. The van der Waals surface area contributed by atoms with Gasteiger partial charge in [-0.3, -0.25) is 14.8 Å². The molecular weight excluding hydrogens is 474 g/mol. The van der Waals surface area contributed by atoms with Gasteiger partial charge in [-0.05, 0) is 73.5 Å². The van der Waals surface area contributed by atoms with Crippen LogP contribution in [0.1, 0.15) is 58.4 Å². The summed E-state index contributed by atoms with van der Waals surface area (Å²) in [6, 6.07) is 17.7. The summed E-state index contributed by atoms with van der Waals surface area (Å²) in [4.78, 5) is 27.3. The van der Waals surface area contributed by atoms with Gasteiger partial charge in [0.2, 0.25) is 0 Å². The number of carbonyl (C=O) groups excluding carboxylic acids is 1. The number of oxime groups is 1. The summed E-state index contributed by atoms with van der Waals surface area (Å²) < 4.78 is 29.1. The van der Waals surface area contributed by atoms with Crippen molar-refractivity contribution in [3.8, 4) is 11.1 Å². The van der Waals surface area contributed by atoms with Gasteiger partial charge in [-0.2, -0.15) is 0 Å². The van der Waals surface area contributed by atoms with Crippen LogP contribution in [0.4, 0.5) is 8.78 Å². The Hall–Kier alpha value is -4.46. The number of aryl methyl sites for hydroxylation is 1. The average molecular weight is 499 g/mol. The molecule has 186 valence electrons. The maximum absolute atomic E-state index is 14.9. The number of hydrogen-bond acceptors (Lipinski definition) is 5. The number of benzene rings is 2. The zero-order valence-corrected chi connectivity index (χ0v) is 20.3. The first-order chi connectivity index (χ1) is 17.9. The van der Waals surface area contributed by atoms with E-state index in [1.54, 1.807) is 37.4 Å². The molecule has 5 rings (SSSR count). The minimum atomic E-state index is -0.683. The highest BCUT2D eigenvalue weighted by molar-refractivity contribution is 6.05. The Bertz CT molecular complexity index is 1490. The van der Waals surface area contributed by atoms with E-state index < -0.39 is 23.6 Å². The molecule has 1 aliphatic heterocycles. The number of aromatic nitrogens is 2. The third-order valence-electron chi connectivity index (χ3n) is 6.20. The van der Waals surface area contributed by atoms with Crippen molar-refractivity contribution in [3.05, 3.63) is 119 Å². The highest BCUT2D eigenvalue weighted by atomic mass is 19.1. The van der Waals surface area contributed by atoms with Crippen molar-refractivity contribution < 1.29 is 18.4 Å². The molecule has 37 heavy (non-hydrogen) atoms. The van der Waals surface area contributed by atoms with Crippen molar-refractivity contribution in [1.82, 2.24) is 15.3 Å². The maximum Gasteiger partial charge on any atom is 0.251 e. The van der Waals surface area contributed by atoms with Gasteiger partial charge in [0.25, 0.3) is 5.91 Å². The van der Waals surface area contributed by atoms with E-state index in [2.05, 4.69) is 20.4 Å². The van der Waals surface area contributed by atoms with Crippen LogP contribution in [0, 0.1) is 18.6 Å². The predicted molar refractivity (Wildman–Crippen MR) is 136 cm³/mol. The Balaban J connectivity index is 1.49. The fourth-order valence-electron chi connectivity index (χ4n) is 4.27. The first-order valence-electron chi connectivity index (χ1n) is 11.9. The van der Waals surface area contributed by atoms with Gasteiger partial charge in [0.15, 0.2) is 6.10 Å². The van der Waals surface area contributed by atoms with Crippen molar-refractivity contribution in [2.24, 2.45) is 5.16 Å². The number of nitrogens with one attached hydrogen (secondary N) is 1. The number of amides is 1. The summed E-state index contributed by atoms with van der Waals surface area (Å²) in [7, 11) is 0. The van der Waals surface area contributed by atoms with E-state index in [0.717, 1.165) is 11.3 Å². The van der Waals surface area contributed by atoms with E-state index in [1.807, 2.05) is 31.2 Å². The molecule has 1 aliphatic rings. The second-order valence-electron chi connectivity index (χ2n) is 8.94. The third-order valence-corrected chi connectivity index (χ3v) is 6.20. The molecule has 2 aromatic carbocycles. The van der Waals surface area contributed by atoms with Crippen LogP contribution in [0.5, 0.6) is 0 Å². The molecule has 1 N–H and O–H groups in total. The van der Waals surface area contributed by atoms with Gasteiger partial charge in [0.1, 0.15) is 11.6 Å². The second kappa shape index (κ2) is 10.3. The Labute approximate surface area is 213 Å². The number of rotatable bonds is 6. The summed E-state index contributed by atoms with van der Waals surface area (Å²) in [6.07, 6.45) is 3.23. The summed E-state index contributed by atoms with van der Waals surface area (Å²) in [5.41, 5.74) is 4.04. The SMILES string of the molecule is Cc1ccc(-c2cc(C(=O)N[C@H](C)c3ncccc3F)cc(C3=NOC(c4ccccn4)C3)c2)c(F)c1. The van der Waals surface area contributed by atoms with Gasteiger partial charge in [-0.15, -0.1) is 0 Å². The number of halogens is 2. The molecular formula is C29H24F2N4O2. The van der Waals surface area contributed by atoms with E-state index in [4.69, 9.17) is 4.84 Å². The molecule has 4 aromatic rings. The van der Waals surface area contributed by atoms with E-state index in [9.17, 15) is 13.6 Å². The normalized spacial score (nSPS) is 15.6. The van der Waals surface area contributed by atoms with Gasteiger partial charge in [0.05, 0.1) is 23.1 Å². The molecule has 1 unspecified atom stereocenters. The Morgan fingerprint density at radius 1 is 0.973 bits per heavy atom. The quantitative estimate of drug-likeness (QED) is 0.349. The molecule has 8 heteroatoms. The molecule has 0 spiro atoms. The molecule has 0 aliphatic carbocycles. The van der Waals surface area contributed by atoms with Crippen molar-refractivity contribution in [2.75, 3.05) is 0 Å². The number of nitrogens with zero attached hydrogens (tertiary/aromatic N) is 3. The lowest BCUT2D eigenvalue weighted by atomic mass is 9.94. The number of hydrogen-bond donors (Lipinski definition) is 1. The van der Waals surface area contributed by atoms with E-state index in [1.165, 1.54) is 24.4 Å². The zero-order chi connectivity index (χ0) is 25.9. The first kappa shape index (κ1) is 24.2. The molecule has 6 nitrogen and oxygen atoms in total. The molecule has 0 saturated carbocycles. The monoisotopic (exact) mass is 498 g/mol.